The third-order valence-corrected chi connectivity index (χ3v) is 4.08. The summed E-state index contributed by atoms with van der Waals surface area (Å²) in [6.07, 6.45) is -4.65. The average Bonchev–Trinajstić information content (AvgIpc) is 2.63. The van der Waals surface area contributed by atoms with Gasteiger partial charge in [0.25, 0.3) is 0 Å². The molecule has 1 N–H and O–H groups in total. The number of rotatable bonds is 2. The Hall–Kier alpha value is -2.29. The summed E-state index contributed by atoms with van der Waals surface area (Å²) < 4.78 is 50.1. The fraction of sp³-hybridized carbons (Fsp3) is 0.467. The number of hydrogen-bond acceptors (Lipinski definition) is 4. The van der Waals surface area contributed by atoms with Gasteiger partial charge in [0.15, 0.2) is 6.04 Å². The quantitative estimate of drug-likeness (QED) is 0.883. The normalized spacial score (nSPS) is 21.3. The highest BCUT2D eigenvalue weighted by molar-refractivity contribution is 5.88. The van der Waals surface area contributed by atoms with Gasteiger partial charge in [-0.15, -0.1) is 0 Å². The van der Waals surface area contributed by atoms with E-state index >= 15 is 0 Å². The molecule has 6 nitrogen and oxygen atoms in total. The summed E-state index contributed by atoms with van der Waals surface area (Å²) in [4.78, 5) is 24.1. The van der Waals surface area contributed by atoms with E-state index in [0.717, 1.165) is 4.90 Å². The Bertz CT molecular complexity index is 672. The molecule has 2 heterocycles. The van der Waals surface area contributed by atoms with Crippen molar-refractivity contribution in [3.05, 3.63) is 29.3 Å². The summed E-state index contributed by atoms with van der Waals surface area (Å²) in [5, 5.41) is 8.98. The van der Waals surface area contributed by atoms with E-state index in [2.05, 4.69) is 0 Å². The topological polar surface area (TPSA) is 76.1 Å². The molecule has 0 aliphatic carbocycles. The van der Waals surface area contributed by atoms with Crippen LogP contribution >= 0.6 is 0 Å². The van der Waals surface area contributed by atoms with Gasteiger partial charge in [-0.1, -0.05) is 6.07 Å². The van der Waals surface area contributed by atoms with E-state index in [1.54, 1.807) is 0 Å². The largest absolute Gasteiger partial charge is 0.491 e. The van der Waals surface area contributed by atoms with Crippen LogP contribution in [0.15, 0.2) is 18.2 Å². The molecule has 0 unspecified atom stereocenters. The molecule has 1 aromatic rings. The Morgan fingerprint density at radius 3 is 2.46 bits per heavy atom. The number of fused-ring (bicyclic) bond motifs is 1. The predicted molar refractivity (Wildman–Crippen MR) is 73.6 cm³/mol. The van der Waals surface area contributed by atoms with Gasteiger partial charge in [-0.3, -0.25) is 4.79 Å². The number of amides is 1. The van der Waals surface area contributed by atoms with Gasteiger partial charge in [0.05, 0.1) is 31.2 Å². The number of aromatic carboxylic acids is 1. The molecule has 1 amide bonds. The van der Waals surface area contributed by atoms with Gasteiger partial charge in [0.1, 0.15) is 12.4 Å². The van der Waals surface area contributed by atoms with Crippen LogP contribution in [0.4, 0.5) is 13.2 Å². The number of benzene rings is 1. The van der Waals surface area contributed by atoms with Crippen LogP contribution < -0.4 is 4.74 Å². The molecule has 24 heavy (non-hydrogen) atoms. The van der Waals surface area contributed by atoms with Gasteiger partial charge in [-0.2, -0.15) is 13.2 Å². The molecule has 0 bridgehead atoms. The lowest BCUT2D eigenvalue weighted by molar-refractivity contribution is -0.201. The number of carboxylic acids is 1. The summed E-state index contributed by atoms with van der Waals surface area (Å²) in [6.45, 7) is -0.870. The highest BCUT2D eigenvalue weighted by Gasteiger charge is 2.49. The monoisotopic (exact) mass is 345 g/mol. The Morgan fingerprint density at radius 1 is 1.21 bits per heavy atom. The Kier molecular flexibility index (Phi) is 4.12. The van der Waals surface area contributed by atoms with E-state index in [1.807, 2.05) is 0 Å². The highest BCUT2D eigenvalue weighted by Crippen LogP contribution is 2.34. The minimum atomic E-state index is -4.65. The third kappa shape index (κ3) is 3.03. The first-order chi connectivity index (χ1) is 11.3. The van der Waals surface area contributed by atoms with Crippen molar-refractivity contribution in [2.75, 3.05) is 19.8 Å². The van der Waals surface area contributed by atoms with E-state index in [1.165, 1.54) is 18.2 Å². The molecular weight excluding hydrogens is 331 g/mol. The Balaban J connectivity index is 1.94. The smallest absolute Gasteiger partial charge is 0.412 e. The van der Waals surface area contributed by atoms with Crippen LogP contribution in [0.5, 0.6) is 5.75 Å². The molecular formula is C15H14F3NO5. The second kappa shape index (κ2) is 5.97. The number of carbonyl (C=O) groups excluding carboxylic acids is 1. The van der Waals surface area contributed by atoms with Crippen LogP contribution in [0.25, 0.3) is 0 Å². The van der Waals surface area contributed by atoms with Gasteiger partial charge in [0, 0.05) is 5.56 Å². The average molecular weight is 345 g/mol. The molecule has 0 saturated carbocycles. The standard InChI is InChI=1S/C15H14F3NO5/c16-15(17,18)12-7-24-11-3-8(14(21)22)1-2-9(11)4-19(12)13(20)10-5-23-6-10/h1-3,10,12H,4-7H2,(H,21,22)/t12-/m1/s1. The number of halogens is 3. The van der Waals surface area contributed by atoms with Crippen LogP contribution in [0.1, 0.15) is 15.9 Å². The fourth-order valence-electron chi connectivity index (χ4n) is 2.62. The first-order valence-corrected chi connectivity index (χ1v) is 7.21. The minimum absolute atomic E-state index is 0.0457. The van der Waals surface area contributed by atoms with Crippen LogP contribution in [-0.2, 0) is 16.1 Å². The lowest BCUT2D eigenvalue weighted by Crippen LogP contribution is -2.54. The zero-order valence-electron chi connectivity index (χ0n) is 12.4. The van der Waals surface area contributed by atoms with E-state index in [-0.39, 0.29) is 31.1 Å². The maximum atomic E-state index is 13.3. The van der Waals surface area contributed by atoms with Crippen LogP contribution in [0.3, 0.4) is 0 Å². The Labute approximate surface area is 134 Å². The van der Waals surface area contributed by atoms with Crippen LogP contribution in [0, 0.1) is 5.92 Å². The number of carboxylic acid groups (broad SMARTS) is 1. The molecule has 0 spiro atoms. The fourth-order valence-corrected chi connectivity index (χ4v) is 2.62. The molecule has 0 radical (unpaired) electrons. The number of ether oxygens (including phenoxy) is 2. The second-order valence-electron chi connectivity index (χ2n) is 5.70. The van der Waals surface area contributed by atoms with Crippen molar-refractivity contribution in [2.24, 2.45) is 5.92 Å². The van der Waals surface area contributed by atoms with Gasteiger partial charge >= 0.3 is 12.1 Å². The molecule has 130 valence electrons. The lowest BCUT2D eigenvalue weighted by atomic mass is 10.0. The van der Waals surface area contributed by atoms with Crippen molar-refractivity contribution >= 4 is 11.9 Å². The lowest BCUT2D eigenvalue weighted by Gasteiger charge is -2.35. The van der Waals surface area contributed by atoms with Crippen molar-refractivity contribution in [2.45, 2.75) is 18.8 Å². The van der Waals surface area contributed by atoms with E-state index in [4.69, 9.17) is 14.6 Å². The molecule has 2 aliphatic rings. The van der Waals surface area contributed by atoms with Crippen LogP contribution in [0.2, 0.25) is 0 Å². The first-order valence-electron chi connectivity index (χ1n) is 7.21. The predicted octanol–water partition coefficient (Wildman–Crippen LogP) is 1.68. The summed E-state index contributed by atoms with van der Waals surface area (Å²) in [6, 6.07) is 1.72. The van der Waals surface area contributed by atoms with Gasteiger partial charge in [0.2, 0.25) is 5.91 Å². The zero-order valence-corrected chi connectivity index (χ0v) is 12.4. The number of nitrogens with zero attached hydrogens (tertiary/aromatic N) is 1. The number of carbonyl (C=O) groups is 2. The van der Waals surface area contributed by atoms with E-state index < -0.39 is 36.6 Å². The second-order valence-corrected chi connectivity index (χ2v) is 5.70. The number of hydrogen-bond donors (Lipinski definition) is 1. The van der Waals surface area contributed by atoms with E-state index in [0.29, 0.717) is 5.56 Å². The summed E-state index contributed by atoms with van der Waals surface area (Å²) in [7, 11) is 0. The van der Waals surface area contributed by atoms with Crippen molar-refractivity contribution in [3.8, 4) is 5.75 Å². The zero-order chi connectivity index (χ0) is 17.5. The van der Waals surface area contributed by atoms with Crippen LogP contribution in [-0.4, -0.2) is 53.9 Å². The highest BCUT2D eigenvalue weighted by atomic mass is 19.4. The van der Waals surface area contributed by atoms with Crippen molar-refractivity contribution in [3.63, 3.8) is 0 Å². The van der Waals surface area contributed by atoms with Crippen molar-refractivity contribution in [1.82, 2.24) is 4.90 Å². The molecule has 1 fully saturated rings. The molecule has 3 rings (SSSR count). The van der Waals surface area contributed by atoms with E-state index in [9.17, 15) is 22.8 Å². The Morgan fingerprint density at radius 2 is 1.92 bits per heavy atom. The number of alkyl halides is 3. The summed E-state index contributed by atoms with van der Waals surface area (Å²) in [5.41, 5.74) is 0.241. The summed E-state index contributed by atoms with van der Waals surface area (Å²) in [5.74, 6) is -2.39. The molecule has 1 aromatic carbocycles. The van der Waals surface area contributed by atoms with Crippen molar-refractivity contribution < 1.29 is 37.3 Å². The molecule has 1 atom stereocenters. The minimum Gasteiger partial charge on any atom is -0.491 e. The first kappa shape index (κ1) is 16.6. The van der Waals surface area contributed by atoms with Gasteiger partial charge in [-0.05, 0) is 12.1 Å². The molecule has 1 saturated heterocycles. The van der Waals surface area contributed by atoms with Gasteiger partial charge < -0.3 is 19.5 Å². The maximum absolute atomic E-state index is 13.3. The third-order valence-electron chi connectivity index (χ3n) is 4.08. The summed E-state index contributed by atoms with van der Waals surface area (Å²) >= 11 is 0. The maximum Gasteiger partial charge on any atom is 0.412 e. The molecule has 9 heteroatoms. The van der Waals surface area contributed by atoms with Gasteiger partial charge in [-0.25, -0.2) is 4.79 Å². The molecule has 0 aromatic heterocycles. The molecule has 2 aliphatic heterocycles. The SMILES string of the molecule is O=C(O)c1ccc2c(c1)OC[C@H](C(F)(F)F)N(C(=O)C1COC1)C2. The van der Waals surface area contributed by atoms with Crippen molar-refractivity contribution in [1.29, 1.82) is 0 Å².